The number of carbonyl (C=O) groups is 1. The van der Waals surface area contributed by atoms with Crippen LogP contribution in [0, 0.1) is 0 Å². The number of hydrogen-bond donors (Lipinski definition) is 1. The summed E-state index contributed by atoms with van der Waals surface area (Å²) in [4.78, 5) is 12.1. The Morgan fingerprint density at radius 2 is 1.82 bits per heavy atom. The van der Waals surface area contributed by atoms with Gasteiger partial charge in [-0.05, 0) is 25.0 Å². The maximum atomic E-state index is 12.1. The number of ether oxygens (including phenoxy) is 1. The molecule has 0 spiro atoms. The summed E-state index contributed by atoms with van der Waals surface area (Å²) in [6, 6.07) is 8.45. The van der Waals surface area contributed by atoms with Gasteiger partial charge in [-0.3, -0.25) is 10.1 Å². The molecule has 0 radical (unpaired) electrons. The lowest BCUT2D eigenvalue weighted by Gasteiger charge is -2.29. The molecule has 0 aliphatic heterocycles. The minimum atomic E-state index is -0.577. The summed E-state index contributed by atoms with van der Waals surface area (Å²) in [6.45, 7) is 4.10. The summed E-state index contributed by atoms with van der Waals surface area (Å²) in [5.74, 6) is -0.164. The Bertz CT molecular complexity index is 401. The van der Waals surface area contributed by atoms with Crippen LogP contribution in [0.1, 0.15) is 25.0 Å². The standard InChI is InChI=1S/C14H19NO2/c1-10(2)15-14(13(16)17-3)8-11-6-4-5-7-12(11)9-14/h4-7,10,15H,8-9H2,1-3H3. The van der Waals surface area contributed by atoms with E-state index in [1.165, 1.54) is 18.2 Å². The fraction of sp³-hybridized carbons (Fsp3) is 0.500. The molecule has 0 bridgehead atoms. The predicted octanol–water partition coefficient (Wildman–Crippen LogP) is 1.69. The average Bonchev–Trinajstić information content (AvgIpc) is 2.65. The predicted molar refractivity (Wildman–Crippen MR) is 66.9 cm³/mol. The van der Waals surface area contributed by atoms with Gasteiger partial charge >= 0.3 is 5.97 Å². The highest BCUT2D eigenvalue weighted by molar-refractivity contribution is 5.83. The van der Waals surface area contributed by atoms with Gasteiger partial charge in [-0.25, -0.2) is 0 Å². The Morgan fingerprint density at radius 3 is 2.24 bits per heavy atom. The lowest BCUT2D eigenvalue weighted by atomic mass is 9.94. The maximum absolute atomic E-state index is 12.1. The van der Waals surface area contributed by atoms with Crippen LogP contribution < -0.4 is 5.32 Å². The Hall–Kier alpha value is -1.35. The van der Waals surface area contributed by atoms with Crippen molar-refractivity contribution in [3.63, 3.8) is 0 Å². The van der Waals surface area contributed by atoms with Crippen molar-refractivity contribution in [1.82, 2.24) is 5.32 Å². The maximum Gasteiger partial charge on any atom is 0.326 e. The molecule has 0 atom stereocenters. The van der Waals surface area contributed by atoms with Gasteiger partial charge in [0.1, 0.15) is 5.54 Å². The minimum Gasteiger partial charge on any atom is -0.468 e. The van der Waals surface area contributed by atoms with Gasteiger partial charge in [0.25, 0.3) is 0 Å². The third kappa shape index (κ3) is 2.20. The van der Waals surface area contributed by atoms with Crippen LogP contribution >= 0.6 is 0 Å². The molecule has 0 heterocycles. The van der Waals surface area contributed by atoms with Crippen molar-refractivity contribution in [3.8, 4) is 0 Å². The Morgan fingerprint density at radius 1 is 1.29 bits per heavy atom. The highest BCUT2D eigenvalue weighted by Gasteiger charge is 2.44. The molecule has 0 unspecified atom stereocenters. The molecule has 17 heavy (non-hydrogen) atoms. The number of benzene rings is 1. The molecule has 92 valence electrons. The Labute approximate surface area is 102 Å². The van der Waals surface area contributed by atoms with Gasteiger partial charge in [0.15, 0.2) is 0 Å². The van der Waals surface area contributed by atoms with E-state index in [0.29, 0.717) is 12.8 Å². The van der Waals surface area contributed by atoms with Gasteiger partial charge in [0, 0.05) is 18.9 Å². The molecule has 2 rings (SSSR count). The summed E-state index contributed by atoms with van der Waals surface area (Å²) in [7, 11) is 1.45. The molecule has 1 aliphatic rings. The summed E-state index contributed by atoms with van der Waals surface area (Å²) in [5, 5.41) is 3.38. The fourth-order valence-corrected chi connectivity index (χ4v) is 2.67. The molecule has 0 saturated heterocycles. The van der Waals surface area contributed by atoms with Gasteiger partial charge in [0.2, 0.25) is 0 Å². The largest absolute Gasteiger partial charge is 0.468 e. The molecule has 1 aromatic carbocycles. The van der Waals surface area contributed by atoms with Crippen molar-refractivity contribution in [2.75, 3.05) is 7.11 Å². The molecule has 0 aromatic heterocycles. The van der Waals surface area contributed by atoms with Gasteiger partial charge in [0.05, 0.1) is 7.11 Å². The molecular weight excluding hydrogens is 214 g/mol. The van der Waals surface area contributed by atoms with E-state index in [1.807, 2.05) is 26.0 Å². The van der Waals surface area contributed by atoms with Crippen LogP contribution in [0.3, 0.4) is 0 Å². The van der Waals surface area contributed by atoms with Crippen molar-refractivity contribution in [2.24, 2.45) is 0 Å². The SMILES string of the molecule is COC(=O)C1(NC(C)C)Cc2ccccc2C1. The molecular formula is C14H19NO2. The summed E-state index contributed by atoms with van der Waals surface area (Å²) < 4.78 is 4.97. The first kappa shape index (κ1) is 12.1. The van der Waals surface area contributed by atoms with Crippen LogP contribution in [0.15, 0.2) is 24.3 Å². The number of esters is 1. The molecule has 1 aromatic rings. The van der Waals surface area contributed by atoms with Crippen molar-refractivity contribution in [1.29, 1.82) is 0 Å². The van der Waals surface area contributed by atoms with Gasteiger partial charge in [-0.2, -0.15) is 0 Å². The van der Waals surface area contributed by atoms with Crippen molar-refractivity contribution in [2.45, 2.75) is 38.3 Å². The fourth-order valence-electron chi connectivity index (χ4n) is 2.67. The molecule has 1 N–H and O–H groups in total. The van der Waals surface area contributed by atoms with E-state index in [9.17, 15) is 4.79 Å². The Balaban J connectivity index is 2.31. The highest BCUT2D eigenvalue weighted by atomic mass is 16.5. The van der Waals surface area contributed by atoms with E-state index in [2.05, 4.69) is 17.4 Å². The van der Waals surface area contributed by atoms with Gasteiger partial charge < -0.3 is 4.74 Å². The van der Waals surface area contributed by atoms with Gasteiger partial charge in [-0.15, -0.1) is 0 Å². The summed E-state index contributed by atoms with van der Waals surface area (Å²) in [6.07, 6.45) is 1.43. The Kier molecular flexibility index (Phi) is 3.20. The monoisotopic (exact) mass is 233 g/mol. The zero-order valence-corrected chi connectivity index (χ0v) is 10.6. The van der Waals surface area contributed by atoms with E-state index in [1.54, 1.807) is 0 Å². The first-order chi connectivity index (χ1) is 8.07. The lowest BCUT2D eigenvalue weighted by molar-refractivity contribution is -0.148. The number of methoxy groups -OCH3 is 1. The van der Waals surface area contributed by atoms with Crippen LogP contribution in [-0.2, 0) is 22.4 Å². The van der Waals surface area contributed by atoms with Crippen molar-refractivity contribution >= 4 is 5.97 Å². The van der Waals surface area contributed by atoms with Crippen LogP contribution in [0.4, 0.5) is 0 Å². The number of carbonyl (C=O) groups excluding carboxylic acids is 1. The first-order valence-electron chi connectivity index (χ1n) is 6.00. The molecule has 0 fully saturated rings. The molecule has 0 saturated carbocycles. The zero-order valence-electron chi connectivity index (χ0n) is 10.6. The van der Waals surface area contributed by atoms with E-state index < -0.39 is 5.54 Å². The number of fused-ring (bicyclic) bond motifs is 1. The average molecular weight is 233 g/mol. The van der Waals surface area contributed by atoms with E-state index >= 15 is 0 Å². The third-order valence-corrected chi connectivity index (χ3v) is 3.24. The van der Waals surface area contributed by atoms with Crippen LogP contribution in [-0.4, -0.2) is 24.7 Å². The second-order valence-electron chi connectivity index (χ2n) is 4.99. The molecule has 3 heteroatoms. The first-order valence-corrected chi connectivity index (χ1v) is 6.00. The summed E-state index contributed by atoms with van der Waals surface area (Å²) in [5.41, 5.74) is 1.91. The van der Waals surface area contributed by atoms with E-state index in [4.69, 9.17) is 4.74 Å². The van der Waals surface area contributed by atoms with Crippen LogP contribution in [0.2, 0.25) is 0 Å². The van der Waals surface area contributed by atoms with Crippen molar-refractivity contribution < 1.29 is 9.53 Å². The molecule has 0 amide bonds. The molecule has 3 nitrogen and oxygen atoms in total. The van der Waals surface area contributed by atoms with Crippen molar-refractivity contribution in [3.05, 3.63) is 35.4 Å². The molecule has 1 aliphatic carbocycles. The topological polar surface area (TPSA) is 38.3 Å². The van der Waals surface area contributed by atoms with Gasteiger partial charge in [-0.1, -0.05) is 24.3 Å². The normalized spacial score (nSPS) is 16.9. The number of nitrogens with one attached hydrogen (secondary N) is 1. The minimum absolute atomic E-state index is 0.164. The lowest BCUT2D eigenvalue weighted by Crippen LogP contribution is -2.56. The number of hydrogen-bond acceptors (Lipinski definition) is 3. The van der Waals surface area contributed by atoms with E-state index in [0.717, 1.165) is 0 Å². The third-order valence-electron chi connectivity index (χ3n) is 3.24. The van der Waals surface area contributed by atoms with Crippen LogP contribution in [0.5, 0.6) is 0 Å². The van der Waals surface area contributed by atoms with E-state index in [-0.39, 0.29) is 12.0 Å². The smallest absolute Gasteiger partial charge is 0.326 e. The highest BCUT2D eigenvalue weighted by Crippen LogP contribution is 2.31. The second kappa shape index (κ2) is 4.49. The zero-order chi connectivity index (χ0) is 12.5. The number of rotatable bonds is 3. The second-order valence-corrected chi connectivity index (χ2v) is 4.99. The summed E-state index contributed by atoms with van der Waals surface area (Å²) >= 11 is 0. The quantitative estimate of drug-likeness (QED) is 0.807. The van der Waals surface area contributed by atoms with Crippen LogP contribution in [0.25, 0.3) is 0 Å².